The summed E-state index contributed by atoms with van der Waals surface area (Å²) in [6.45, 7) is 6.67. The average molecular weight is 372 g/mol. The number of anilines is 1. The maximum atomic E-state index is 11.2. The number of hydrogen-bond acceptors (Lipinski definition) is 3. The number of nitriles is 1. The number of aliphatic carboxylic acids is 1. The molecule has 0 saturated carbocycles. The number of carboxylic acid groups (broad SMARTS) is 1. The van der Waals surface area contributed by atoms with Gasteiger partial charge < -0.3 is 10.0 Å². The highest BCUT2D eigenvalue weighted by Crippen LogP contribution is 2.50. The van der Waals surface area contributed by atoms with E-state index in [4.69, 9.17) is 10.4 Å². The van der Waals surface area contributed by atoms with E-state index in [2.05, 4.69) is 36.9 Å². The third-order valence-electron chi connectivity index (χ3n) is 6.07. The molecular formula is C24H24N2O2. The lowest BCUT2D eigenvalue weighted by Gasteiger charge is -2.30. The molecule has 1 aliphatic carbocycles. The smallest absolute Gasteiger partial charge is 0.346 e. The zero-order valence-corrected chi connectivity index (χ0v) is 16.3. The Hall–Kier alpha value is -3.06. The second-order valence-electron chi connectivity index (χ2n) is 8.18. The molecule has 0 radical (unpaired) electrons. The molecule has 1 aliphatic heterocycles. The predicted molar refractivity (Wildman–Crippen MR) is 111 cm³/mol. The van der Waals surface area contributed by atoms with Crippen LogP contribution in [0.25, 0.3) is 17.2 Å². The first-order valence-corrected chi connectivity index (χ1v) is 9.81. The summed E-state index contributed by atoms with van der Waals surface area (Å²) >= 11 is 0. The number of rotatable bonds is 3. The van der Waals surface area contributed by atoms with Gasteiger partial charge in [0, 0.05) is 24.2 Å². The van der Waals surface area contributed by atoms with Gasteiger partial charge in [-0.15, -0.1) is 0 Å². The Morgan fingerprint density at radius 2 is 1.71 bits per heavy atom. The fourth-order valence-corrected chi connectivity index (χ4v) is 4.49. The monoisotopic (exact) mass is 372 g/mol. The molecule has 1 N–H and O–H groups in total. The molecule has 0 unspecified atom stereocenters. The minimum atomic E-state index is -1.20. The molecule has 0 bridgehead atoms. The Morgan fingerprint density at radius 3 is 2.36 bits per heavy atom. The van der Waals surface area contributed by atoms with Crippen LogP contribution in [0.5, 0.6) is 0 Å². The van der Waals surface area contributed by atoms with E-state index in [1.165, 1.54) is 53.3 Å². The molecule has 2 aromatic carbocycles. The maximum absolute atomic E-state index is 11.2. The fraction of sp³-hybridized carbons (Fsp3) is 0.333. The first-order chi connectivity index (χ1) is 13.4. The van der Waals surface area contributed by atoms with Gasteiger partial charge in [-0.2, -0.15) is 5.26 Å². The van der Waals surface area contributed by atoms with Gasteiger partial charge in [-0.05, 0) is 65.3 Å². The molecule has 0 amide bonds. The molecule has 1 saturated heterocycles. The molecule has 4 rings (SSSR count). The molecule has 2 aromatic rings. The number of fused-ring (bicyclic) bond motifs is 3. The SMILES string of the molecule is CC1(C)c2cc(/C=C(\C#N)C(=O)O)ccc2-c2ccc(N3CCCCC3)cc21. The van der Waals surface area contributed by atoms with Gasteiger partial charge in [0.25, 0.3) is 0 Å². The summed E-state index contributed by atoms with van der Waals surface area (Å²) in [5, 5.41) is 18.2. The average Bonchev–Trinajstić information content (AvgIpc) is 2.93. The third kappa shape index (κ3) is 2.97. The van der Waals surface area contributed by atoms with Crippen LogP contribution in [0.3, 0.4) is 0 Å². The minimum absolute atomic E-state index is 0.170. The van der Waals surface area contributed by atoms with E-state index in [-0.39, 0.29) is 11.0 Å². The van der Waals surface area contributed by atoms with Crippen LogP contribution in [0, 0.1) is 11.3 Å². The highest BCUT2D eigenvalue weighted by atomic mass is 16.4. The van der Waals surface area contributed by atoms with Crippen LogP contribution in [0.15, 0.2) is 42.0 Å². The van der Waals surface area contributed by atoms with Crippen LogP contribution >= 0.6 is 0 Å². The molecule has 142 valence electrons. The van der Waals surface area contributed by atoms with Crippen LogP contribution in [0.4, 0.5) is 5.69 Å². The van der Waals surface area contributed by atoms with Gasteiger partial charge in [-0.3, -0.25) is 0 Å². The van der Waals surface area contributed by atoms with E-state index in [9.17, 15) is 4.79 Å². The number of nitrogens with zero attached hydrogens (tertiary/aromatic N) is 2. The summed E-state index contributed by atoms with van der Waals surface area (Å²) in [4.78, 5) is 13.6. The molecule has 0 spiro atoms. The molecular weight excluding hydrogens is 348 g/mol. The van der Waals surface area contributed by atoms with Crippen LogP contribution in [-0.4, -0.2) is 24.2 Å². The highest BCUT2D eigenvalue weighted by Gasteiger charge is 2.36. The van der Waals surface area contributed by atoms with E-state index in [0.29, 0.717) is 0 Å². The van der Waals surface area contributed by atoms with Crippen LogP contribution in [0.2, 0.25) is 0 Å². The third-order valence-corrected chi connectivity index (χ3v) is 6.07. The van der Waals surface area contributed by atoms with Gasteiger partial charge in [0.2, 0.25) is 0 Å². The number of benzene rings is 2. The summed E-state index contributed by atoms with van der Waals surface area (Å²) in [7, 11) is 0. The molecule has 0 atom stereocenters. The van der Waals surface area contributed by atoms with Gasteiger partial charge in [0.1, 0.15) is 11.6 Å². The number of piperidine rings is 1. The van der Waals surface area contributed by atoms with E-state index >= 15 is 0 Å². The van der Waals surface area contributed by atoms with Crippen molar-refractivity contribution in [1.82, 2.24) is 0 Å². The van der Waals surface area contributed by atoms with Crippen molar-refractivity contribution in [1.29, 1.82) is 5.26 Å². The van der Waals surface area contributed by atoms with Crippen LogP contribution in [0.1, 0.15) is 49.8 Å². The van der Waals surface area contributed by atoms with Gasteiger partial charge in [0.05, 0.1) is 0 Å². The van der Waals surface area contributed by atoms with Crippen molar-refractivity contribution in [2.75, 3.05) is 18.0 Å². The van der Waals surface area contributed by atoms with Crippen molar-refractivity contribution in [2.24, 2.45) is 0 Å². The van der Waals surface area contributed by atoms with Crippen molar-refractivity contribution in [3.8, 4) is 17.2 Å². The van der Waals surface area contributed by atoms with Crippen LogP contribution < -0.4 is 4.90 Å². The summed E-state index contributed by atoms with van der Waals surface area (Å²) in [5.41, 5.74) is 6.54. The summed E-state index contributed by atoms with van der Waals surface area (Å²) in [5.74, 6) is -1.20. The Kier molecular flexibility index (Phi) is 4.47. The quantitative estimate of drug-likeness (QED) is 0.610. The van der Waals surface area contributed by atoms with Crippen molar-refractivity contribution in [2.45, 2.75) is 38.5 Å². The molecule has 28 heavy (non-hydrogen) atoms. The van der Waals surface area contributed by atoms with Gasteiger partial charge in [-0.1, -0.05) is 38.1 Å². The van der Waals surface area contributed by atoms with E-state index < -0.39 is 5.97 Å². The van der Waals surface area contributed by atoms with E-state index in [1.807, 2.05) is 18.2 Å². The standard InChI is InChI=1S/C24H24N2O2/c1-24(2)21-13-16(12-17(15-25)23(27)28)6-8-19(21)20-9-7-18(14-22(20)24)26-10-4-3-5-11-26/h6-9,12-14H,3-5,10-11H2,1-2H3,(H,27,28)/b17-12+. The Labute approximate surface area is 165 Å². The second-order valence-corrected chi connectivity index (χ2v) is 8.18. The molecule has 0 aromatic heterocycles. The Balaban J connectivity index is 1.76. The first-order valence-electron chi connectivity index (χ1n) is 9.81. The van der Waals surface area contributed by atoms with Crippen molar-refractivity contribution in [3.63, 3.8) is 0 Å². The summed E-state index contributed by atoms with van der Waals surface area (Å²) in [6, 6.07) is 14.5. The van der Waals surface area contributed by atoms with Crippen LogP contribution in [-0.2, 0) is 10.2 Å². The lowest BCUT2D eigenvalue weighted by Crippen LogP contribution is -2.29. The van der Waals surface area contributed by atoms with Gasteiger partial charge in [0.15, 0.2) is 0 Å². The number of carbonyl (C=O) groups is 1. The lowest BCUT2D eigenvalue weighted by atomic mass is 9.81. The van der Waals surface area contributed by atoms with Crippen molar-refractivity contribution >= 4 is 17.7 Å². The molecule has 4 nitrogen and oxygen atoms in total. The van der Waals surface area contributed by atoms with Crippen molar-refractivity contribution < 1.29 is 9.90 Å². The Morgan fingerprint density at radius 1 is 1.07 bits per heavy atom. The zero-order chi connectivity index (χ0) is 19.9. The lowest BCUT2D eigenvalue weighted by molar-refractivity contribution is -0.132. The van der Waals surface area contributed by atoms with Crippen molar-refractivity contribution in [3.05, 3.63) is 58.7 Å². The summed E-state index contributed by atoms with van der Waals surface area (Å²) in [6.07, 6.45) is 5.26. The van der Waals surface area contributed by atoms with Gasteiger partial charge in [-0.25, -0.2) is 4.79 Å². The second kappa shape index (κ2) is 6.83. The minimum Gasteiger partial charge on any atom is -0.477 e. The van der Waals surface area contributed by atoms with Gasteiger partial charge >= 0.3 is 5.97 Å². The predicted octanol–water partition coefficient (Wildman–Crippen LogP) is 4.97. The molecule has 4 heteroatoms. The number of hydrogen-bond donors (Lipinski definition) is 1. The van der Waals surface area contributed by atoms with E-state index in [1.54, 1.807) is 6.07 Å². The molecule has 1 fully saturated rings. The largest absolute Gasteiger partial charge is 0.477 e. The topological polar surface area (TPSA) is 64.3 Å². The molecule has 1 heterocycles. The molecule has 2 aliphatic rings. The summed E-state index contributed by atoms with van der Waals surface area (Å²) < 4.78 is 0. The van der Waals surface area contributed by atoms with E-state index in [0.717, 1.165) is 18.7 Å². The first kappa shape index (κ1) is 18.3. The maximum Gasteiger partial charge on any atom is 0.346 e. The number of carboxylic acids is 1. The normalized spacial score (nSPS) is 17.6. The Bertz CT molecular complexity index is 1020. The zero-order valence-electron chi connectivity index (χ0n) is 16.3. The fourth-order valence-electron chi connectivity index (χ4n) is 4.49. The highest BCUT2D eigenvalue weighted by molar-refractivity contribution is 5.96.